The van der Waals surface area contributed by atoms with Crippen molar-refractivity contribution in [1.82, 2.24) is 29.7 Å². The van der Waals surface area contributed by atoms with Crippen molar-refractivity contribution in [3.05, 3.63) is 59.1 Å². The monoisotopic (exact) mass is 532 g/mol. The molecular weight excluding hydrogens is 507 g/mol. The van der Waals surface area contributed by atoms with Crippen molar-refractivity contribution < 1.29 is 22.3 Å². The molecule has 0 saturated carbocycles. The van der Waals surface area contributed by atoms with E-state index in [1.807, 2.05) is 19.2 Å². The van der Waals surface area contributed by atoms with Crippen LogP contribution in [0.2, 0.25) is 0 Å². The molecular formula is C23H25FN6O4S2. The van der Waals surface area contributed by atoms with Crippen LogP contribution in [0.4, 0.5) is 4.39 Å². The van der Waals surface area contributed by atoms with Crippen LogP contribution < -0.4 is 9.47 Å². The zero-order valence-corrected chi connectivity index (χ0v) is 21.8. The lowest BCUT2D eigenvalue weighted by Crippen LogP contribution is -2.16. The maximum atomic E-state index is 13.1. The van der Waals surface area contributed by atoms with Gasteiger partial charge in [0.05, 0.1) is 38.1 Å². The molecule has 0 radical (unpaired) electrons. The smallest absolute Gasteiger partial charge is 0.197 e. The third-order valence-electron chi connectivity index (χ3n) is 5.32. The highest BCUT2D eigenvalue weighted by Gasteiger charge is 2.27. The zero-order chi connectivity index (χ0) is 25.9. The van der Waals surface area contributed by atoms with Crippen LogP contribution in [0.3, 0.4) is 0 Å². The van der Waals surface area contributed by atoms with Gasteiger partial charge < -0.3 is 9.47 Å². The Kier molecular flexibility index (Phi) is 7.59. The first-order valence-electron chi connectivity index (χ1n) is 11.0. The number of hydrogen-bond acceptors (Lipinski definition) is 10. The quantitative estimate of drug-likeness (QED) is 0.301. The molecule has 36 heavy (non-hydrogen) atoms. The Morgan fingerprint density at radius 1 is 1.08 bits per heavy atom. The molecule has 0 N–H and O–H groups in total. The fourth-order valence-corrected chi connectivity index (χ4v) is 5.64. The van der Waals surface area contributed by atoms with Crippen LogP contribution in [0.15, 0.2) is 36.0 Å². The molecule has 13 heteroatoms. The van der Waals surface area contributed by atoms with Crippen molar-refractivity contribution in [3.63, 3.8) is 0 Å². The van der Waals surface area contributed by atoms with Crippen molar-refractivity contribution >= 4 is 21.2 Å². The highest BCUT2D eigenvalue weighted by molar-refractivity contribution is 7.90. The highest BCUT2D eigenvalue weighted by atomic mass is 32.2. The summed E-state index contributed by atoms with van der Waals surface area (Å²) in [5.74, 6) is 0.650. The number of methoxy groups -OCH3 is 2. The molecule has 0 fully saturated rings. The summed E-state index contributed by atoms with van der Waals surface area (Å²) in [6.07, 6.45) is 2.04. The van der Waals surface area contributed by atoms with Gasteiger partial charge in [-0.25, -0.2) is 27.8 Å². The molecule has 0 aliphatic heterocycles. The van der Waals surface area contributed by atoms with Crippen LogP contribution >= 0.6 is 11.3 Å². The van der Waals surface area contributed by atoms with Gasteiger partial charge in [-0.3, -0.25) is 4.57 Å². The van der Waals surface area contributed by atoms with Gasteiger partial charge in [0.2, 0.25) is 0 Å². The molecule has 10 nitrogen and oxygen atoms in total. The van der Waals surface area contributed by atoms with Crippen molar-refractivity contribution in [2.24, 2.45) is 0 Å². The Morgan fingerprint density at radius 3 is 2.33 bits per heavy atom. The number of hydrogen-bond donors (Lipinski definition) is 0. The molecule has 1 aromatic carbocycles. The Hall–Kier alpha value is -3.45. The summed E-state index contributed by atoms with van der Waals surface area (Å²) in [5.41, 5.74) is 1.36. The molecule has 0 atom stereocenters. The van der Waals surface area contributed by atoms with Gasteiger partial charge in [0.1, 0.15) is 28.8 Å². The fraction of sp³-hybridized carbons (Fsp3) is 0.348. The SMILES string of the molecule is COc1cccc(OC)c1-n1c(CS(=O)(=O)CCc2ncc(F)cn2)nnc1-c1nc(C(C)C)cs1. The van der Waals surface area contributed by atoms with Gasteiger partial charge >= 0.3 is 0 Å². The average Bonchev–Trinajstić information content (AvgIpc) is 3.50. The first-order valence-corrected chi connectivity index (χ1v) is 13.7. The molecule has 0 unspecified atom stereocenters. The molecule has 3 heterocycles. The molecule has 0 saturated heterocycles. The lowest BCUT2D eigenvalue weighted by Gasteiger charge is -2.16. The maximum Gasteiger partial charge on any atom is 0.197 e. The number of benzene rings is 1. The number of sulfone groups is 1. The van der Waals surface area contributed by atoms with E-state index in [0.717, 1.165) is 18.1 Å². The molecule has 190 valence electrons. The lowest BCUT2D eigenvalue weighted by atomic mass is 10.2. The van der Waals surface area contributed by atoms with Gasteiger partial charge in [-0.1, -0.05) is 19.9 Å². The highest BCUT2D eigenvalue weighted by Crippen LogP contribution is 2.37. The van der Waals surface area contributed by atoms with Crippen LogP contribution in [0, 0.1) is 5.82 Å². The third kappa shape index (κ3) is 5.51. The molecule has 0 aliphatic rings. The molecule has 0 spiro atoms. The first-order chi connectivity index (χ1) is 17.2. The number of aryl methyl sites for hydroxylation is 1. The van der Waals surface area contributed by atoms with Gasteiger partial charge in [0.25, 0.3) is 0 Å². The van der Waals surface area contributed by atoms with Crippen LogP contribution in [-0.2, 0) is 22.0 Å². The summed E-state index contributed by atoms with van der Waals surface area (Å²) < 4.78 is 52.0. The molecule has 0 aliphatic carbocycles. The van der Waals surface area contributed by atoms with E-state index in [2.05, 4.69) is 25.1 Å². The van der Waals surface area contributed by atoms with E-state index in [1.54, 1.807) is 22.8 Å². The van der Waals surface area contributed by atoms with E-state index in [-0.39, 0.29) is 29.7 Å². The Bertz CT molecular complexity index is 1430. The Balaban J connectivity index is 1.77. The van der Waals surface area contributed by atoms with E-state index in [4.69, 9.17) is 9.47 Å². The first kappa shape index (κ1) is 25.6. The van der Waals surface area contributed by atoms with Crippen LogP contribution in [0.5, 0.6) is 11.5 Å². The minimum atomic E-state index is -3.69. The van der Waals surface area contributed by atoms with Crippen molar-refractivity contribution in [2.45, 2.75) is 31.9 Å². The predicted molar refractivity (Wildman–Crippen MR) is 133 cm³/mol. The van der Waals surface area contributed by atoms with Crippen LogP contribution in [0.1, 0.15) is 37.1 Å². The largest absolute Gasteiger partial charge is 0.494 e. The van der Waals surface area contributed by atoms with E-state index >= 15 is 0 Å². The van der Waals surface area contributed by atoms with Crippen molar-refractivity contribution in [2.75, 3.05) is 20.0 Å². The van der Waals surface area contributed by atoms with E-state index < -0.39 is 21.4 Å². The number of thiazole rings is 1. The number of rotatable bonds is 10. The van der Waals surface area contributed by atoms with Crippen LogP contribution in [0.25, 0.3) is 16.5 Å². The molecule has 4 aromatic rings. The van der Waals surface area contributed by atoms with E-state index in [0.29, 0.717) is 28.0 Å². The second-order valence-corrected chi connectivity index (χ2v) is 11.2. The minimum absolute atomic E-state index is 0.0335. The van der Waals surface area contributed by atoms with E-state index in [1.165, 1.54) is 25.6 Å². The minimum Gasteiger partial charge on any atom is -0.494 e. The standard InChI is InChI=1S/C23H25FN6O4S2/c1-14(2)16-12-35-23(27-16)22-29-28-20(30(22)21-17(33-3)6-5-7-18(21)34-4)13-36(31,32)9-8-19-25-10-15(24)11-26-19/h5-7,10-12,14H,8-9,13H2,1-4H3. The summed E-state index contributed by atoms with van der Waals surface area (Å²) in [6.45, 7) is 4.07. The molecule has 0 bridgehead atoms. The molecule has 3 aromatic heterocycles. The lowest BCUT2D eigenvalue weighted by molar-refractivity contribution is 0.391. The van der Waals surface area contributed by atoms with E-state index in [9.17, 15) is 12.8 Å². The second kappa shape index (κ2) is 10.7. The molecule has 4 rings (SSSR count). The molecule has 0 amide bonds. The maximum absolute atomic E-state index is 13.1. The number of aromatic nitrogens is 6. The van der Waals surface area contributed by atoms with Crippen molar-refractivity contribution in [1.29, 1.82) is 0 Å². The number of halogens is 1. The summed E-state index contributed by atoms with van der Waals surface area (Å²) in [7, 11) is -0.654. The van der Waals surface area contributed by atoms with Gasteiger partial charge in [0, 0.05) is 11.8 Å². The van der Waals surface area contributed by atoms with Gasteiger partial charge in [-0.05, 0) is 18.1 Å². The van der Waals surface area contributed by atoms with Crippen LogP contribution in [-0.4, -0.2) is 58.1 Å². The fourth-order valence-electron chi connectivity index (χ4n) is 3.47. The zero-order valence-electron chi connectivity index (χ0n) is 20.2. The second-order valence-electron chi connectivity index (χ2n) is 8.18. The van der Waals surface area contributed by atoms with Gasteiger partial charge in [0.15, 0.2) is 32.3 Å². The Morgan fingerprint density at radius 2 is 1.75 bits per heavy atom. The number of nitrogens with zero attached hydrogens (tertiary/aromatic N) is 6. The normalized spacial score (nSPS) is 11.7. The third-order valence-corrected chi connectivity index (χ3v) is 7.70. The predicted octanol–water partition coefficient (Wildman–Crippen LogP) is 3.62. The van der Waals surface area contributed by atoms with Gasteiger partial charge in [-0.2, -0.15) is 0 Å². The number of ether oxygens (including phenoxy) is 2. The topological polar surface area (TPSA) is 122 Å². The summed E-state index contributed by atoms with van der Waals surface area (Å²) >= 11 is 1.39. The van der Waals surface area contributed by atoms with Gasteiger partial charge in [-0.15, -0.1) is 21.5 Å². The summed E-state index contributed by atoms with van der Waals surface area (Å²) in [6, 6.07) is 5.25. The summed E-state index contributed by atoms with van der Waals surface area (Å²) in [5, 5.41) is 11.1. The number of para-hydroxylation sites is 1. The summed E-state index contributed by atoms with van der Waals surface area (Å²) in [4.78, 5) is 12.4. The Labute approximate surface area is 212 Å². The average molecular weight is 533 g/mol. The van der Waals surface area contributed by atoms with Crippen molar-refractivity contribution in [3.8, 4) is 28.0 Å².